The number of fused-ring (bicyclic) bond motifs is 2. The molecule has 4 heterocycles. The maximum atomic E-state index is 14.4. The average molecular weight is 441 g/mol. The Morgan fingerprint density at radius 3 is 2.75 bits per heavy atom. The van der Waals surface area contributed by atoms with Gasteiger partial charge in [0.05, 0.1) is 12.2 Å². The highest BCUT2D eigenvalue weighted by molar-refractivity contribution is 6.00. The van der Waals surface area contributed by atoms with Crippen LogP contribution in [0.2, 0.25) is 0 Å². The number of hydrogen-bond acceptors (Lipinski definition) is 5. The van der Waals surface area contributed by atoms with E-state index in [-0.39, 0.29) is 17.3 Å². The molecular weight excluding hydrogens is 420 g/mol. The first-order valence-electron chi connectivity index (χ1n) is 10.4. The lowest BCUT2D eigenvalue weighted by Crippen LogP contribution is -2.47. The summed E-state index contributed by atoms with van der Waals surface area (Å²) in [6, 6.07) is 4.00. The molecule has 3 aromatic rings. The van der Waals surface area contributed by atoms with Crippen LogP contribution in [0, 0.1) is 11.6 Å². The van der Waals surface area contributed by atoms with Gasteiger partial charge in [-0.15, -0.1) is 5.10 Å². The fraction of sp³-hybridized carbons (Fsp3) is 0.381. The summed E-state index contributed by atoms with van der Waals surface area (Å²) >= 11 is 0. The standard InChI is InChI=1S/C21H21F2N7O2/c1-28-17-8-10-24-29(17)11-9-14(21(28)32)25-20(31)19-26-16-7-3-6-15(30(16)27-19)18-12(22)4-2-5-13(18)23/h2,4-5,8,10,14-15H,3,6-7,9,11H2,1H3,(H,25,31)/t14-,15-/m0/s1. The average Bonchev–Trinajstić information content (AvgIpc) is 3.40. The molecule has 0 saturated carbocycles. The topological polar surface area (TPSA) is 97.9 Å². The SMILES string of the molecule is CN1C(=O)[C@@H](NC(=O)c2nc3n(n2)[C@H](c2c(F)cccc2F)CCC3)CCn2nccc21. The lowest BCUT2D eigenvalue weighted by atomic mass is 9.97. The molecule has 11 heteroatoms. The second-order valence-electron chi connectivity index (χ2n) is 7.96. The number of nitrogens with zero attached hydrogens (tertiary/aromatic N) is 6. The number of halogens is 2. The van der Waals surface area contributed by atoms with Gasteiger partial charge in [-0.05, 0) is 31.4 Å². The molecule has 0 spiro atoms. The zero-order valence-corrected chi connectivity index (χ0v) is 17.3. The molecule has 2 amide bonds. The summed E-state index contributed by atoms with van der Waals surface area (Å²) in [5.74, 6) is -1.18. The zero-order chi connectivity index (χ0) is 22.4. The van der Waals surface area contributed by atoms with Crippen molar-refractivity contribution >= 4 is 17.6 Å². The third kappa shape index (κ3) is 3.33. The van der Waals surface area contributed by atoms with Crippen LogP contribution in [0.15, 0.2) is 30.5 Å². The van der Waals surface area contributed by atoms with E-state index in [0.717, 1.165) is 0 Å². The van der Waals surface area contributed by atoms with Crippen molar-refractivity contribution in [3.8, 4) is 0 Å². The molecular formula is C21H21F2N7O2. The van der Waals surface area contributed by atoms with E-state index in [0.29, 0.717) is 43.9 Å². The Hall–Kier alpha value is -3.63. The first-order valence-corrected chi connectivity index (χ1v) is 10.4. The van der Waals surface area contributed by atoms with E-state index in [9.17, 15) is 18.4 Å². The molecule has 5 rings (SSSR count). The first kappa shape index (κ1) is 20.3. The number of nitrogens with one attached hydrogen (secondary N) is 1. The summed E-state index contributed by atoms with van der Waals surface area (Å²) in [5.41, 5.74) is -0.0831. The second-order valence-corrected chi connectivity index (χ2v) is 7.96. The van der Waals surface area contributed by atoms with Crippen LogP contribution < -0.4 is 10.2 Å². The smallest absolute Gasteiger partial charge is 0.291 e. The summed E-state index contributed by atoms with van der Waals surface area (Å²) in [7, 11) is 1.63. The molecule has 0 aliphatic carbocycles. The van der Waals surface area contributed by atoms with E-state index in [1.807, 2.05) is 0 Å². The molecule has 0 bridgehead atoms. The van der Waals surface area contributed by atoms with Crippen molar-refractivity contribution in [3.05, 3.63) is 59.3 Å². The number of aryl methyl sites for hydroxylation is 2. The number of carbonyl (C=O) groups excluding carboxylic acids is 2. The minimum absolute atomic E-state index is 0.0831. The number of benzene rings is 1. The third-order valence-corrected chi connectivity index (χ3v) is 6.01. The van der Waals surface area contributed by atoms with E-state index in [1.54, 1.807) is 24.0 Å². The van der Waals surface area contributed by atoms with Crippen molar-refractivity contribution in [2.75, 3.05) is 11.9 Å². The molecule has 1 N–H and O–H groups in total. The molecule has 2 aliphatic heterocycles. The predicted molar refractivity (Wildman–Crippen MR) is 109 cm³/mol. The summed E-state index contributed by atoms with van der Waals surface area (Å²) in [6.45, 7) is 0.463. The largest absolute Gasteiger partial charge is 0.337 e. The maximum Gasteiger partial charge on any atom is 0.291 e. The van der Waals surface area contributed by atoms with Crippen LogP contribution in [0.4, 0.5) is 14.6 Å². The van der Waals surface area contributed by atoms with Gasteiger partial charge in [0.1, 0.15) is 29.3 Å². The van der Waals surface area contributed by atoms with Crippen molar-refractivity contribution < 1.29 is 18.4 Å². The number of anilines is 1. The Balaban J connectivity index is 1.39. The number of amides is 2. The van der Waals surface area contributed by atoms with Gasteiger partial charge in [0.2, 0.25) is 5.82 Å². The fourth-order valence-electron chi connectivity index (χ4n) is 4.40. The van der Waals surface area contributed by atoms with Crippen molar-refractivity contribution in [2.24, 2.45) is 0 Å². The number of aromatic nitrogens is 5. The summed E-state index contributed by atoms with van der Waals surface area (Å²) in [5, 5.41) is 11.2. The summed E-state index contributed by atoms with van der Waals surface area (Å²) in [6.07, 6.45) is 3.66. The van der Waals surface area contributed by atoms with Gasteiger partial charge in [0.25, 0.3) is 11.8 Å². The Bertz CT molecular complexity index is 1180. The minimum atomic E-state index is -0.769. The minimum Gasteiger partial charge on any atom is -0.337 e. The Labute approximate surface area is 182 Å². The van der Waals surface area contributed by atoms with Gasteiger partial charge in [0.15, 0.2) is 0 Å². The van der Waals surface area contributed by atoms with Crippen LogP contribution in [0.5, 0.6) is 0 Å². The van der Waals surface area contributed by atoms with Crippen molar-refractivity contribution in [2.45, 2.75) is 44.3 Å². The van der Waals surface area contributed by atoms with Gasteiger partial charge in [-0.3, -0.25) is 14.5 Å². The highest BCUT2D eigenvalue weighted by Crippen LogP contribution is 2.32. The fourth-order valence-corrected chi connectivity index (χ4v) is 4.40. The zero-order valence-electron chi connectivity index (χ0n) is 17.3. The van der Waals surface area contributed by atoms with Gasteiger partial charge in [-0.25, -0.2) is 23.1 Å². The molecule has 0 saturated heterocycles. The van der Waals surface area contributed by atoms with Crippen LogP contribution in [0.25, 0.3) is 0 Å². The highest BCUT2D eigenvalue weighted by Gasteiger charge is 2.33. The quantitative estimate of drug-likeness (QED) is 0.669. The third-order valence-electron chi connectivity index (χ3n) is 6.01. The predicted octanol–water partition coefficient (Wildman–Crippen LogP) is 1.84. The van der Waals surface area contributed by atoms with E-state index in [1.165, 1.54) is 27.8 Å². The van der Waals surface area contributed by atoms with Crippen LogP contribution in [-0.4, -0.2) is 49.4 Å². The number of rotatable bonds is 3. The summed E-state index contributed by atoms with van der Waals surface area (Å²) in [4.78, 5) is 31.5. The molecule has 0 fully saturated rings. The monoisotopic (exact) mass is 441 g/mol. The summed E-state index contributed by atoms with van der Waals surface area (Å²) < 4.78 is 31.9. The second kappa shape index (κ2) is 7.81. The Morgan fingerprint density at radius 2 is 1.97 bits per heavy atom. The van der Waals surface area contributed by atoms with Crippen LogP contribution in [-0.2, 0) is 17.8 Å². The lowest BCUT2D eigenvalue weighted by molar-refractivity contribution is -0.120. The molecule has 9 nitrogen and oxygen atoms in total. The van der Waals surface area contributed by atoms with E-state index < -0.39 is 29.6 Å². The Morgan fingerprint density at radius 1 is 1.19 bits per heavy atom. The molecule has 166 valence electrons. The van der Waals surface area contributed by atoms with Gasteiger partial charge < -0.3 is 5.32 Å². The van der Waals surface area contributed by atoms with Gasteiger partial charge >= 0.3 is 0 Å². The van der Waals surface area contributed by atoms with Gasteiger partial charge in [-0.2, -0.15) is 5.10 Å². The number of hydrogen-bond donors (Lipinski definition) is 1. The van der Waals surface area contributed by atoms with Crippen LogP contribution in [0.1, 0.15) is 47.3 Å². The van der Waals surface area contributed by atoms with Crippen molar-refractivity contribution in [3.63, 3.8) is 0 Å². The lowest BCUT2D eigenvalue weighted by Gasteiger charge is -2.24. The van der Waals surface area contributed by atoms with Crippen molar-refractivity contribution in [1.82, 2.24) is 29.9 Å². The van der Waals surface area contributed by atoms with Crippen LogP contribution >= 0.6 is 0 Å². The van der Waals surface area contributed by atoms with E-state index in [2.05, 4.69) is 20.5 Å². The van der Waals surface area contributed by atoms with Gasteiger partial charge in [-0.1, -0.05) is 6.07 Å². The molecule has 0 radical (unpaired) electrons. The molecule has 0 unspecified atom stereocenters. The highest BCUT2D eigenvalue weighted by atomic mass is 19.1. The number of carbonyl (C=O) groups is 2. The maximum absolute atomic E-state index is 14.4. The molecule has 32 heavy (non-hydrogen) atoms. The van der Waals surface area contributed by atoms with Crippen molar-refractivity contribution in [1.29, 1.82) is 0 Å². The molecule has 2 aliphatic rings. The first-order chi connectivity index (χ1) is 15.4. The van der Waals surface area contributed by atoms with Gasteiger partial charge in [0, 0.05) is 31.6 Å². The molecule has 2 atom stereocenters. The van der Waals surface area contributed by atoms with E-state index in [4.69, 9.17) is 0 Å². The normalized spacial score (nSPS) is 20.5. The Kier molecular flexibility index (Phi) is 4.95. The van der Waals surface area contributed by atoms with E-state index >= 15 is 0 Å². The molecule has 2 aromatic heterocycles. The van der Waals surface area contributed by atoms with Crippen LogP contribution in [0.3, 0.4) is 0 Å². The molecule has 1 aromatic carbocycles. The number of likely N-dealkylation sites (N-methyl/N-ethyl adjacent to an activating group) is 1.